The van der Waals surface area contributed by atoms with Gasteiger partial charge in [-0.2, -0.15) is 4.98 Å². The van der Waals surface area contributed by atoms with E-state index in [1.807, 2.05) is 24.3 Å². The van der Waals surface area contributed by atoms with E-state index < -0.39 is 0 Å². The second-order valence-corrected chi connectivity index (χ2v) is 6.66. The first kappa shape index (κ1) is 19.7. The lowest BCUT2D eigenvalue weighted by Crippen LogP contribution is -2.35. The number of carbonyl (C=O) groups excluding carboxylic acids is 1. The van der Waals surface area contributed by atoms with Gasteiger partial charge < -0.3 is 25.4 Å². The number of hydrogen-bond acceptors (Lipinski definition) is 7. The molecule has 1 saturated carbocycles. The third-order valence-corrected chi connectivity index (χ3v) is 4.74. The molecule has 0 unspecified atom stereocenters. The van der Waals surface area contributed by atoms with Gasteiger partial charge in [-0.05, 0) is 43.5 Å². The van der Waals surface area contributed by atoms with Gasteiger partial charge in [0.1, 0.15) is 5.75 Å². The number of benzene rings is 1. The lowest BCUT2D eigenvalue weighted by molar-refractivity contribution is -0.127. The molecule has 0 atom stereocenters. The SMILES string of the molecule is COc1ccc(Nc2ncc(OC)c(NCCCNC(=O)C3CCC3)n2)cc1. The van der Waals surface area contributed by atoms with Gasteiger partial charge in [-0.15, -0.1) is 0 Å². The largest absolute Gasteiger partial charge is 0.497 e. The van der Waals surface area contributed by atoms with Gasteiger partial charge in [0, 0.05) is 24.7 Å². The van der Waals surface area contributed by atoms with Crippen molar-refractivity contribution in [1.29, 1.82) is 0 Å². The predicted molar refractivity (Wildman–Crippen MR) is 108 cm³/mol. The van der Waals surface area contributed by atoms with E-state index in [4.69, 9.17) is 9.47 Å². The van der Waals surface area contributed by atoms with E-state index in [9.17, 15) is 4.79 Å². The van der Waals surface area contributed by atoms with Gasteiger partial charge in [-0.1, -0.05) is 6.42 Å². The highest BCUT2D eigenvalue weighted by molar-refractivity contribution is 5.79. The Morgan fingerprint density at radius 1 is 1.14 bits per heavy atom. The van der Waals surface area contributed by atoms with E-state index in [2.05, 4.69) is 25.9 Å². The highest BCUT2D eigenvalue weighted by atomic mass is 16.5. The smallest absolute Gasteiger partial charge is 0.229 e. The van der Waals surface area contributed by atoms with Gasteiger partial charge in [-0.3, -0.25) is 4.79 Å². The Kier molecular flexibility index (Phi) is 6.89. The molecule has 3 rings (SSSR count). The number of methoxy groups -OCH3 is 2. The van der Waals surface area contributed by atoms with E-state index in [0.717, 1.165) is 30.7 Å². The number of aromatic nitrogens is 2. The molecule has 1 heterocycles. The zero-order chi connectivity index (χ0) is 19.8. The molecule has 1 fully saturated rings. The van der Waals surface area contributed by atoms with Crippen LogP contribution in [0.2, 0.25) is 0 Å². The van der Waals surface area contributed by atoms with E-state index >= 15 is 0 Å². The van der Waals surface area contributed by atoms with Crippen molar-refractivity contribution in [3.05, 3.63) is 30.5 Å². The Bertz CT molecular complexity index is 778. The average molecular weight is 385 g/mol. The van der Waals surface area contributed by atoms with Crippen LogP contribution in [-0.2, 0) is 4.79 Å². The summed E-state index contributed by atoms with van der Waals surface area (Å²) in [5.41, 5.74) is 0.857. The summed E-state index contributed by atoms with van der Waals surface area (Å²) in [6.45, 7) is 1.31. The average Bonchev–Trinajstić information content (AvgIpc) is 2.67. The number of carbonyl (C=O) groups is 1. The van der Waals surface area contributed by atoms with E-state index in [0.29, 0.717) is 30.6 Å². The van der Waals surface area contributed by atoms with Crippen LogP contribution in [0.15, 0.2) is 30.5 Å². The molecule has 1 aromatic heterocycles. The first-order valence-corrected chi connectivity index (χ1v) is 9.53. The Morgan fingerprint density at radius 2 is 1.93 bits per heavy atom. The molecule has 0 radical (unpaired) electrons. The minimum absolute atomic E-state index is 0.178. The van der Waals surface area contributed by atoms with Crippen LogP contribution in [0.4, 0.5) is 17.5 Å². The molecular formula is C20H27N5O3. The molecule has 3 N–H and O–H groups in total. The van der Waals surface area contributed by atoms with Crippen molar-refractivity contribution in [1.82, 2.24) is 15.3 Å². The minimum atomic E-state index is 0.178. The van der Waals surface area contributed by atoms with Crippen molar-refractivity contribution in [2.75, 3.05) is 37.9 Å². The van der Waals surface area contributed by atoms with E-state index in [1.54, 1.807) is 20.4 Å². The van der Waals surface area contributed by atoms with Crippen molar-refractivity contribution in [3.8, 4) is 11.5 Å². The molecule has 0 aliphatic heterocycles. The topological polar surface area (TPSA) is 97.4 Å². The fourth-order valence-corrected chi connectivity index (χ4v) is 2.83. The molecule has 2 aromatic rings. The minimum Gasteiger partial charge on any atom is -0.497 e. The third-order valence-electron chi connectivity index (χ3n) is 4.74. The summed E-state index contributed by atoms with van der Waals surface area (Å²) >= 11 is 0. The normalized spacial score (nSPS) is 13.4. The van der Waals surface area contributed by atoms with Gasteiger partial charge in [0.25, 0.3) is 0 Å². The van der Waals surface area contributed by atoms with Crippen LogP contribution in [0.5, 0.6) is 11.5 Å². The first-order chi connectivity index (χ1) is 13.7. The fraction of sp³-hybridized carbons (Fsp3) is 0.450. The molecule has 0 saturated heterocycles. The molecule has 28 heavy (non-hydrogen) atoms. The monoisotopic (exact) mass is 385 g/mol. The third kappa shape index (κ3) is 5.25. The molecule has 0 bridgehead atoms. The highest BCUT2D eigenvalue weighted by Gasteiger charge is 2.24. The Labute approximate surface area is 165 Å². The molecule has 0 spiro atoms. The van der Waals surface area contributed by atoms with Gasteiger partial charge in [0.15, 0.2) is 11.6 Å². The fourth-order valence-electron chi connectivity index (χ4n) is 2.83. The summed E-state index contributed by atoms with van der Waals surface area (Å²) in [7, 11) is 3.21. The van der Waals surface area contributed by atoms with Crippen LogP contribution in [0.25, 0.3) is 0 Å². The summed E-state index contributed by atoms with van der Waals surface area (Å²) in [6.07, 6.45) is 5.63. The van der Waals surface area contributed by atoms with Gasteiger partial charge in [0.2, 0.25) is 11.9 Å². The Hall–Kier alpha value is -3.03. The van der Waals surface area contributed by atoms with Crippen molar-refractivity contribution in [3.63, 3.8) is 0 Å². The number of nitrogens with one attached hydrogen (secondary N) is 3. The zero-order valence-electron chi connectivity index (χ0n) is 16.3. The van der Waals surface area contributed by atoms with Crippen molar-refractivity contribution in [2.45, 2.75) is 25.7 Å². The van der Waals surface area contributed by atoms with Crippen LogP contribution in [-0.4, -0.2) is 43.2 Å². The summed E-state index contributed by atoms with van der Waals surface area (Å²) in [5.74, 6) is 2.83. The van der Waals surface area contributed by atoms with E-state index in [1.165, 1.54) is 6.42 Å². The maximum atomic E-state index is 11.8. The highest BCUT2D eigenvalue weighted by Crippen LogP contribution is 2.26. The van der Waals surface area contributed by atoms with Crippen molar-refractivity contribution >= 4 is 23.4 Å². The molecule has 8 heteroatoms. The number of ether oxygens (including phenoxy) is 2. The first-order valence-electron chi connectivity index (χ1n) is 9.53. The molecular weight excluding hydrogens is 358 g/mol. The molecule has 8 nitrogen and oxygen atoms in total. The number of anilines is 3. The van der Waals surface area contributed by atoms with Crippen LogP contribution < -0.4 is 25.4 Å². The maximum absolute atomic E-state index is 11.8. The summed E-state index contributed by atoms with van der Waals surface area (Å²) in [4.78, 5) is 20.6. The number of nitrogens with zero attached hydrogens (tertiary/aromatic N) is 2. The summed E-state index contributed by atoms with van der Waals surface area (Å²) < 4.78 is 10.5. The molecule has 1 aliphatic carbocycles. The lowest BCUT2D eigenvalue weighted by atomic mass is 9.85. The lowest BCUT2D eigenvalue weighted by Gasteiger charge is -2.24. The molecule has 1 aromatic carbocycles. The van der Waals surface area contributed by atoms with Crippen molar-refractivity contribution < 1.29 is 14.3 Å². The quantitative estimate of drug-likeness (QED) is 0.541. The standard InChI is InChI=1S/C20H27N5O3/c1-27-16-9-7-15(8-10-16)24-20-23-13-17(28-2)18(25-20)21-11-4-12-22-19(26)14-5-3-6-14/h7-10,13-14H,3-6,11-12H2,1-2H3,(H,22,26)(H2,21,23,24,25). The Balaban J connectivity index is 1.50. The van der Waals surface area contributed by atoms with Crippen molar-refractivity contribution in [2.24, 2.45) is 5.92 Å². The second-order valence-electron chi connectivity index (χ2n) is 6.66. The zero-order valence-corrected chi connectivity index (χ0v) is 16.3. The van der Waals surface area contributed by atoms with Crippen LogP contribution in [0, 0.1) is 5.92 Å². The van der Waals surface area contributed by atoms with Crippen LogP contribution in [0.1, 0.15) is 25.7 Å². The molecule has 1 aliphatic rings. The van der Waals surface area contributed by atoms with Gasteiger partial charge in [0.05, 0.1) is 20.4 Å². The number of amides is 1. The predicted octanol–water partition coefficient (Wildman–Crippen LogP) is 2.96. The maximum Gasteiger partial charge on any atom is 0.229 e. The van der Waals surface area contributed by atoms with Gasteiger partial charge in [-0.25, -0.2) is 4.98 Å². The Morgan fingerprint density at radius 3 is 2.57 bits per heavy atom. The van der Waals surface area contributed by atoms with E-state index in [-0.39, 0.29) is 11.8 Å². The molecule has 1 amide bonds. The van der Waals surface area contributed by atoms with Crippen LogP contribution >= 0.6 is 0 Å². The van der Waals surface area contributed by atoms with Crippen LogP contribution in [0.3, 0.4) is 0 Å². The summed E-state index contributed by atoms with van der Waals surface area (Å²) in [6, 6.07) is 7.51. The summed E-state index contributed by atoms with van der Waals surface area (Å²) in [5, 5.41) is 9.40. The number of rotatable bonds is 10. The number of hydrogen-bond donors (Lipinski definition) is 3. The van der Waals surface area contributed by atoms with Gasteiger partial charge >= 0.3 is 0 Å². The second kappa shape index (κ2) is 9.77. The molecule has 150 valence electrons.